The molecule has 0 radical (unpaired) electrons. The van der Waals surface area contributed by atoms with E-state index in [4.69, 9.17) is 9.47 Å². The van der Waals surface area contributed by atoms with Gasteiger partial charge in [0.25, 0.3) is 0 Å². The molecule has 0 saturated carbocycles. The highest BCUT2D eigenvalue weighted by Crippen LogP contribution is 2.40. The predicted octanol–water partition coefficient (Wildman–Crippen LogP) is 4.69. The number of halogens is 7. The molecule has 1 fully saturated rings. The maximum Gasteiger partial charge on any atom is 0.416 e. The van der Waals surface area contributed by atoms with Gasteiger partial charge in [0.1, 0.15) is 17.6 Å². The van der Waals surface area contributed by atoms with Crippen molar-refractivity contribution >= 4 is 0 Å². The average molecular weight is 592 g/mol. The van der Waals surface area contributed by atoms with E-state index in [2.05, 4.69) is 15.4 Å². The van der Waals surface area contributed by atoms with Gasteiger partial charge in [-0.25, -0.2) is 4.39 Å². The van der Waals surface area contributed by atoms with Crippen LogP contribution in [0.5, 0.6) is 0 Å². The molecule has 3 atom stereocenters. The molecule has 0 amide bonds. The van der Waals surface area contributed by atoms with Crippen molar-refractivity contribution in [1.82, 2.24) is 25.2 Å². The minimum absolute atomic E-state index is 0.00132. The summed E-state index contributed by atoms with van der Waals surface area (Å²) in [5, 5.41) is 20.9. The van der Waals surface area contributed by atoms with E-state index in [9.17, 15) is 35.8 Å². The van der Waals surface area contributed by atoms with Crippen LogP contribution < -0.4 is 0 Å². The Balaban J connectivity index is 1.69. The topological polar surface area (TPSA) is 86.7 Å². The Bertz CT molecular complexity index is 1270. The van der Waals surface area contributed by atoms with Crippen molar-refractivity contribution in [3.05, 3.63) is 81.9 Å². The van der Waals surface area contributed by atoms with Gasteiger partial charge in [0.15, 0.2) is 6.29 Å². The molecule has 3 aromatic rings. The van der Waals surface area contributed by atoms with E-state index in [-0.39, 0.29) is 19.2 Å². The van der Waals surface area contributed by atoms with E-state index in [0.29, 0.717) is 36.5 Å². The summed E-state index contributed by atoms with van der Waals surface area (Å²) in [6.45, 7) is 0.193. The van der Waals surface area contributed by atoms with E-state index >= 15 is 0 Å². The number of H-pyrrole nitrogens is 1. The number of alkyl halides is 6. The van der Waals surface area contributed by atoms with E-state index < -0.39 is 59.9 Å². The molecule has 2 heterocycles. The molecular weight excluding hydrogens is 563 g/mol. The van der Waals surface area contributed by atoms with Crippen molar-refractivity contribution < 1.29 is 45.3 Å². The van der Waals surface area contributed by atoms with E-state index in [1.54, 1.807) is 0 Å². The van der Waals surface area contributed by atoms with Crippen LogP contribution in [0.2, 0.25) is 0 Å². The molecule has 41 heavy (non-hydrogen) atoms. The van der Waals surface area contributed by atoms with Crippen molar-refractivity contribution in [2.75, 3.05) is 33.9 Å². The van der Waals surface area contributed by atoms with Crippen molar-refractivity contribution in [3.63, 3.8) is 0 Å². The van der Waals surface area contributed by atoms with Crippen LogP contribution in [0.25, 0.3) is 0 Å². The smallest absolute Gasteiger partial charge is 0.393 e. The Hall–Kier alpha value is -3.11. The number of nitrogens with one attached hydrogen (secondary N) is 1. The Morgan fingerprint density at radius 2 is 1.71 bits per heavy atom. The second-order valence-corrected chi connectivity index (χ2v) is 9.83. The van der Waals surface area contributed by atoms with Gasteiger partial charge in [-0.15, -0.1) is 5.10 Å². The van der Waals surface area contributed by atoms with E-state index in [0.717, 1.165) is 5.69 Å². The van der Waals surface area contributed by atoms with Crippen LogP contribution >= 0.6 is 0 Å². The summed E-state index contributed by atoms with van der Waals surface area (Å²) in [6.07, 6.45) is -13.0. The van der Waals surface area contributed by atoms with Crippen molar-refractivity contribution in [1.29, 1.82) is 0 Å². The average Bonchev–Trinajstić information content (AvgIpc) is 3.32. The van der Waals surface area contributed by atoms with Gasteiger partial charge < -0.3 is 19.5 Å². The van der Waals surface area contributed by atoms with Crippen LogP contribution in [0.4, 0.5) is 30.7 Å². The highest BCUT2D eigenvalue weighted by molar-refractivity contribution is 5.35. The number of rotatable bonds is 9. The van der Waals surface area contributed by atoms with Crippen LogP contribution in [0.3, 0.4) is 0 Å². The number of hydrogen-bond acceptors (Lipinski definition) is 7. The first-order valence-electron chi connectivity index (χ1n) is 12.5. The number of ether oxygens (including phenoxy) is 2. The zero-order valence-electron chi connectivity index (χ0n) is 22.0. The normalized spacial score (nSPS) is 19.6. The lowest BCUT2D eigenvalue weighted by atomic mass is 10.00. The molecular formula is C26H28F7N5O3. The molecule has 1 aromatic heterocycles. The molecule has 0 spiro atoms. The Kier molecular flexibility index (Phi) is 9.33. The monoisotopic (exact) mass is 591 g/mol. The quantitative estimate of drug-likeness (QED) is 0.349. The highest BCUT2D eigenvalue weighted by atomic mass is 19.4. The fourth-order valence-electron chi connectivity index (χ4n) is 4.59. The second kappa shape index (κ2) is 12.4. The maximum atomic E-state index is 13.8. The maximum absolute atomic E-state index is 13.8. The second-order valence-electron chi connectivity index (χ2n) is 9.83. The lowest BCUT2D eigenvalue weighted by Gasteiger charge is -2.42. The molecule has 1 aliphatic rings. The summed E-state index contributed by atoms with van der Waals surface area (Å²) in [4.78, 5) is 3.78. The minimum Gasteiger partial charge on any atom is -0.393 e. The predicted molar refractivity (Wildman–Crippen MR) is 130 cm³/mol. The summed E-state index contributed by atoms with van der Waals surface area (Å²) < 4.78 is 106. The van der Waals surface area contributed by atoms with Gasteiger partial charge in [0.2, 0.25) is 0 Å². The van der Waals surface area contributed by atoms with Crippen LogP contribution in [0.1, 0.15) is 45.8 Å². The number of aromatic nitrogens is 3. The largest absolute Gasteiger partial charge is 0.416 e. The zero-order valence-corrected chi connectivity index (χ0v) is 22.0. The van der Waals surface area contributed by atoms with Crippen LogP contribution in [-0.4, -0.2) is 70.5 Å². The molecule has 15 heteroatoms. The number of morpholine rings is 1. The van der Waals surface area contributed by atoms with Crippen molar-refractivity contribution in [2.45, 2.75) is 43.9 Å². The summed E-state index contributed by atoms with van der Waals surface area (Å²) in [5.41, 5.74) is -1.77. The van der Waals surface area contributed by atoms with Gasteiger partial charge in [-0.1, -0.05) is 17.3 Å². The van der Waals surface area contributed by atoms with E-state index in [1.165, 1.54) is 24.3 Å². The SMILES string of the molecule is CN(C)Cc1[nH]nnc1CN1CCOC(O[C@@H](CO)c2cc(C(F)(F)F)cc(C(F)(F)F)c2)C1c1ccc(F)cc1. The number of benzene rings is 2. The number of aliphatic hydroxyl groups excluding tert-OH is 1. The number of hydrogen-bond donors (Lipinski definition) is 2. The van der Waals surface area contributed by atoms with Crippen LogP contribution in [0.15, 0.2) is 42.5 Å². The third kappa shape index (κ3) is 7.60. The molecule has 2 unspecified atom stereocenters. The Morgan fingerprint density at radius 3 is 2.27 bits per heavy atom. The summed E-state index contributed by atoms with van der Waals surface area (Å²) in [6, 6.07) is 5.58. The third-order valence-corrected chi connectivity index (χ3v) is 6.50. The number of nitrogens with zero attached hydrogens (tertiary/aromatic N) is 4. The first-order valence-corrected chi connectivity index (χ1v) is 12.5. The molecule has 1 aliphatic heterocycles. The molecule has 0 bridgehead atoms. The zero-order chi connectivity index (χ0) is 29.9. The molecule has 1 saturated heterocycles. The van der Waals surface area contributed by atoms with Gasteiger partial charge >= 0.3 is 12.4 Å². The van der Waals surface area contributed by atoms with Crippen molar-refractivity contribution in [3.8, 4) is 0 Å². The van der Waals surface area contributed by atoms with Crippen molar-refractivity contribution in [2.24, 2.45) is 0 Å². The lowest BCUT2D eigenvalue weighted by molar-refractivity contribution is -0.238. The first-order chi connectivity index (χ1) is 19.3. The Morgan fingerprint density at radius 1 is 1.07 bits per heavy atom. The summed E-state index contributed by atoms with van der Waals surface area (Å²) in [5.74, 6) is -0.517. The van der Waals surface area contributed by atoms with Gasteiger partial charge in [-0.05, 0) is 55.6 Å². The molecule has 224 valence electrons. The van der Waals surface area contributed by atoms with Crippen LogP contribution in [0, 0.1) is 5.82 Å². The van der Waals surface area contributed by atoms with Gasteiger partial charge in [-0.3, -0.25) is 10.00 Å². The summed E-state index contributed by atoms with van der Waals surface area (Å²) in [7, 11) is 3.72. The van der Waals surface area contributed by atoms with Gasteiger partial charge in [0.05, 0.1) is 36.1 Å². The minimum atomic E-state index is -5.08. The molecule has 0 aliphatic carbocycles. The molecule has 2 aromatic carbocycles. The third-order valence-electron chi connectivity index (χ3n) is 6.50. The standard InChI is InChI=1S/C26H28F7N5O3/c1-37(2)12-20-21(35-36-34-20)13-38-7-8-40-24(23(38)15-3-5-19(27)6-4-15)41-22(14-39)16-9-17(25(28,29)30)11-18(10-16)26(31,32)33/h3-6,9-11,22-24,39H,7-8,12-14H2,1-2H3,(H,34,35,36)/t22-,23?,24?/m0/s1. The van der Waals surface area contributed by atoms with E-state index in [1.807, 2.05) is 23.9 Å². The lowest BCUT2D eigenvalue weighted by Crippen LogP contribution is -2.46. The van der Waals surface area contributed by atoms with Crippen LogP contribution in [-0.2, 0) is 34.9 Å². The highest BCUT2D eigenvalue weighted by Gasteiger charge is 2.40. The fourth-order valence-corrected chi connectivity index (χ4v) is 4.59. The number of aliphatic hydroxyl groups is 1. The molecule has 4 rings (SSSR count). The Labute approximate surface area is 230 Å². The summed E-state index contributed by atoms with van der Waals surface area (Å²) >= 11 is 0. The van der Waals surface area contributed by atoms with Gasteiger partial charge in [0, 0.05) is 19.6 Å². The molecule has 8 nitrogen and oxygen atoms in total. The fraction of sp³-hybridized carbons (Fsp3) is 0.462. The van der Waals surface area contributed by atoms with Gasteiger partial charge in [-0.2, -0.15) is 26.3 Å². The first kappa shape index (κ1) is 30.8. The molecule has 2 N–H and O–H groups in total. The number of aromatic amines is 1.